The van der Waals surface area contributed by atoms with Crippen molar-refractivity contribution in [3.8, 4) is 0 Å². The van der Waals surface area contributed by atoms with Gasteiger partial charge in [0.1, 0.15) is 11.6 Å². The highest BCUT2D eigenvalue weighted by atomic mass is 32.1. The Labute approximate surface area is 96.5 Å². The van der Waals surface area contributed by atoms with Gasteiger partial charge in [0.05, 0.1) is 6.04 Å². The lowest BCUT2D eigenvalue weighted by atomic mass is 10.0. The van der Waals surface area contributed by atoms with Crippen molar-refractivity contribution in [2.24, 2.45) is 5.73 Å². The molecular formula is C12H11F2NS. The van der Waals surface area contributed by atoms with Gasteiger partial charge < -0.3 is 5.73 Å². The molecule has 1 unspecified atom stereocenters. The smallest absolute Gasteiger partial charge is 0.131 e. The summed E-state index contributed by atoms with van der Waals surface area (Å²) in [7, 11) is 0. The molecule has 1 atom stereocenters. The second-order valence-corrected chi connectivity index (χ2v) is 4.60. The van der Waals surface area contributed by atoms with E-state index in [1.54, 1.807) is 6.92 Å². The number of halogens is 2. The van der Waals surface area contributed by atoms with Crippen molar-refractivity contribution >= 4 is 11.3 Å². The van der Waals surface area contributed by atoms with Crippen LogP contribution in [0.3, 0.4) is 0 Å². The topological polar surface area (TPSA) is 26.0 Å². The molecule has 84 valence electrons. The van der Waals surface area contributed by atoms with Crippen LogP contribution in [0.25, 0.3) is 0 Å². The Bertz CT molecular complexity index is 494. The number of thiophene rings is 1. The minimum Gasteiger partial charge on any atom is -0.320 e. The molecule has 0 radical (unpaired) electrons. The van der Waals surface area contributed by atoms with Crippen LogP contribution >= 0.6 is 11.3 Å². The first-order valence-corrected chi connectivity index (χ1v) is 5.72. The van der Waals surface area contributed by atoms with E-state index >= 15 is 0 Å². The summed E-state index contributed by atoms with van der Waals surface area (Å²) >= 11 is 1.46. The van der Waals surface area contributed by atoms with Gasteiger partial charge in [0.2, 0.25) is 0 Å². The molecule has 0 saturated heterocycles. The highest BCUT2D eigenvalue weighted by molar-refractivity contribution is 7.10. The third-order valence-corrected chi connectivity index (χ3v) is 3.42. The number of hydrogen-bond acceptors (Lipinski definition) is 2. The zero-order chi connectivity index (χ0) is 11.7. The van der Waals surface area contributed by atoms with E-state index < -0.39 is 17.7 Å². The molecule has 1 nitrogen and oxygen atoms in total. The Kier molecular flexibility index (Phi) is 3.03. The van der Waals surface area contributed by atoms with Gasteiger partial charge in [0, 0.05) is 16.5 Å². The van der Waals surface area contributed by atoms with Crippen molar-refractivity contribution in [3.05, 3.63) is 57.3 Å². The molecule has 0 aliphatic rings. The molecule has 2 aromatic rings. The van der Waals surface area contributed by atoms with Crippen LogP contribution in [0.15, 0.2) is 29.6 Å². The Morgan fingerprint density at radius 3 is 2.62 bits per heavy atom. The average Bonchev–Trinajstić information content (AvgIpc) is 2.75. The Balaban J connectivity index is 2.44. The van der Waals surface area contributed by atoms with E-state index in [1.165, 1.54) is 17.4 Å². The fourth-order valence-corrected chi connectivity index (χ4v) is 2.28. The molecule has 16 heavy (non-hydrogen) atoms. The van der Waals surface area contributed by atoms with E-state index in [1.807, 2.05) is 17.5 Å². The van der Waals surface area contributed by atoms with Crippen LogP contribution in [-0.2, 0) is 0 Å². The maximum atomic E-state index is 13.6. The third-order valence-electron chi connectivity index (χ3n) is 2.46. The van der Waals surface area contributed by atoms with Crippen LogP contribution in [0, 0.1) is 18.6 Å². The lowest BCUT2D eigenvalue weighted by Gasteiger charge is -2.12. The summed E-state index contributed by atoms with van der Waals surface area (Å²) in [6, 6.07) is 5.52. The molecule has 1 aromatic heterocycles. The van der Waals surface area contributed by atoms with Gasteiger partial charge in [-0.05, 0) is 30.0 Å². The van der Waals surface area contributed by atoms with Crippen LogP contribution in [0.2, 0.25) is 0 Å². The molecule has 0 amide bonds. The molecule has 2 rings (SSSR count). The van der Waals surface area contributed by atoms with E-state index in [0.29, 0.717) is 11.1 Å². The van der Waals surface area contributed by atoms with Crippen LogP contribution < -0.4 is 5.73 Å². The molecule has 4 heteroatoms. The van der Waals surface area contributed by atoms with Gasteiger partial charge in [-0.3, -0.25) is 0 Å². The summed E-state index contributed by atoms with van der Waals surface area (Å²) < 4.78 is 26.6. The summed E-state index contributed by atoms with van der Waals surface area (Å²) in [6.07, 6.45) is 0. The lowest BCUT2D eigenvalue weighted by molar-refractivity contribution is 0.561. The average molecular weight is 239 g/mol. The first-order chi connectivity index (χ1) is 7.59. The van der Waals surface area contributed by atoms with Crippen LogP contribution in [-0.4, -0.2) is 0 Å². The van der Waals surface area contributed by atoms with Crippen molar-refractivity contribution in [2.45, 2.75) is 13.0 Å². The van der Waals surface area contributed by atoms with Crippen LogP contribution in [0.1, 0.15) is 22.0 Å². The predicted octanol–water partition coefficient (Wildman–Crippen LogP) is 3.38. The van der Waals surface area contributed by atoms with Gasteiger partial charge in [-0.15, -0.1) is 11.3 Å². The number of aryl methyl sites for hydroxylation is 1. The summed E-state index contributed by atoms with van der Waals surface area (Å²) in [5.74, 6) is -1.14. The molecule has 1 heterocycles. The molecule has 0 saturated carbocycles. The minimum absolute atomic E-state index is 0.335. The second kappa shape index (κ2) is 4.31. The van der Waals surface area contributed by atoms with Gasteiger partial charge in [-0.2, -0.15) is 0 Å². The Morgan fingerprint density at radius 2 is 2.00 bits per heavy atom. The zero-order valence-corrected chi connectivity index (χ0v) is 9.52. The standard InChI is InChI=1S/C12H11F2NS/c1-7-5-8(10(14)6-9(7)13)12(15)11-3-2-4-16-11/h2-6,12H,15H2,1H3. The summed E-state index contributed by atoms with van der Waals surface area (Å²) in [5.41, 5.74) is 6.67. The highest BCUT2D eigenvalue weighted by Crippen LogP contribution is 2.27. The summed E-state index contributed by atoms with van der Waals surface area (Å²) in [4.78, 5) is 0.866. The third kappa shape index (κ3) is 1.99. The molecule has 2 N–H and O–H groups in total. The van der Waals surface area contributed by atoms with E-state index in [2.05, 4.69) is 0 Å². The molecule has 1 aromatic carbocycles. The zero-order valence-electron chi connectivity index (χ0n) is 8.71. The fraction of sp³-hybridized carbons (Fsp3) is 0.167. The van der Waals surface area contributed by atoms with Crippen LogP contribution in [0.5, 0.6) is 0 Å². The maximum absolute atomic E-state index is 13.6. The highest BCUT2D eigenvalue weighted by Gasteiger charge is 2.16. The van der Waals surface area contributed by atoms with Gasteiger partial charge >= 0.3 is 0 Å². The van der Waals surface area contributed by atoms with Crippen molar-refractivity contribution < 1.29 is 8.78 Å². The fourth-order valence-electron chi connectivity index (χ4n) is 1.54. The summed E-state index contributed by atoms with van der Waals surface area (Å²) in [5, 5.41) is 1.88. The first kappa shape index (κ1) is 11.2. The number of rotatable bonds is 2. The van der Waals surface area contributed by atoms with Crippen molar-refractivity contribution in [1.29, 1.82) is 0 Å². The van der Waals surface area contributed by atoms with Gasteiger partial charge in [-0.1, -0.05) is 6.07 Å². The van der Waals surface area contributed by atoms with Crippen molar-refractivity contribution in [2.75, 3.05) is 0 Å². The van der Waals surface area contributed by atoms with Crippen molar-refractivity contribution in [1.82, 2.24) is 0 Å². The van der Waals surface area contributed by atoms with E-state index in [-0.39, 0.29) is 0 Å². The molecule has 0 bridgehead atoms. The monoisotopic (exact) mass is 239 g/mol. The maximum Gasteiger partial charge on any atom is 0.131 e. The predicted molar refractivity (Wildman–Crippen MR) is 61.4 cm³/mol. The van der Waals surface area contributed by atoms with E-state index in [0.717, 1.165) is 10.9 Å². The molecule has 0 spiro atoms. The van der Waals surface area contributed by atoms with Crippen molar-refractivity contribution in [3.63, 3.8) is 0 Å². The normalized spacial score (nSPS) is 12.8. The van der Waals surface area contributed by atoms with E-state index in [9.17, 15) is 8.78 Å². The largest absolute Gasteiger partial charge is 0.320 e. The lowest BCUT2D eigenvalue weighted by Crippen LogP contribution is -2.12. The van der Waals surface area contributed by atoms with Gasteiger partial charge in [0.25, 0.3) is 0 Å². The van der Waals surface area contributed by atoms with Crippen LogP contribution in [0.4, 0.5) is 8.78 Å². The number of nitrogens with two attached hydrogens (primary N) is 1. The minimum atomic E-state index is -0.594. The van der Waals surface area contributed by atoms with E-state index in [4.69, 9.17) is 5.73 Å². The Morgan fingerprint density at radius 1 is 1.25 bits per heavy atom. The van der Waals surface area contributed by atoms with Gasteiger partial charge in [-0.25, -0.2) is 8.78 Å². The SMILES string of the molecule is Cc1cc(C(N)c2cccs2)c(F)cc1F. The second-order valence-electron chi connectivity index (χ2n) is 3.62. The first-order valence-electron chi connectivity index (χ1n) is 4.84. The molecule has 0 fully saturated rings. The molecular weight excluding hydrogens is 228 g/mol. The Hall–Kier alpha value is -1.26. The quantitative estimate of drug-likeness (QED) is 0.854. The molecule has 0 aliphatic carbocycles. The number of hydrogen-bond donors (Lipinski definition) is 1. The van der Waals surface area contributed by atoms with Gasteiger partial charge in [0.15, 0.2) is 0 Å². The summed E-state index contributed by atoms with van der Waals surface area (Å²) in [6.45, 7) is 1.60. The molecule has 0 aliphatic heterocycles. The number of benzene rings is 1.